The van der Waals surface area contributed by atoms with Gasteiger partial charge in [0.05, 0.1) is 6.54 Å². The van der Waals surface area contributed by atoms with Crippen molar-refractivity contribution in [2.75, 3.05) is 6.54 Å². The summed E-state index contributed by atoms with van der Waals surface area (Å²) in [6, 6.07) is 10.6. The smallest absolute Gasteiger partial charge is 0.331 e. The second-order valence-corrected chi connectivity index (χ2v) is 9.75. The van der Waals surface area contributed by atoms with E-state index in [4.69, 9.17) is 5.10 Å². The molecule has 4 aliphatic rings. The Bertz CT molecular complexity index is 761. The monoisotopic (exact) mass is 365 g/mol. The average Bonchev–Trinajstić information content (AvgIpc) is 3.26. The maximum atomic E-state index is 13.2. The van der Waals surface area contributed by atoms with Crippen molar-refractivity contribution in [2.24, 2.45) is 22.4 Å². The number of rotatable bonds is 4. The summed E-state index contributed by atoms with van der Waals surface area (Å²) in [5.41, 5.74) is 2.64. The summed E-state index contributed by atoms with van der Waals surface area (Å²) in [6.45, 7) is 5.31. The fraction of sp³-hybridized carbons (Fsp3) is 0.652. The first-order valence-corrected chi connectivity index (χ1v) is 10.7. The molecule has 4 nitrogen and oxygen atoms in total. The van der Waals surface area contributed by atoms with Gasteiger partial charge in [0.15, 0.2) is 0 Å². The fourth-order valence-corrected chi connectivity index (χ4v) is 5.84. The molecule has 1 aliphatic heterocycles. The maximum absolute atomic E-state index is 13.2. The van der Waals surface area contributed by atoms with E-state index in [2.05, 4.69) is 49.5 Å². The Hall–Kier alpha value is -1.84. The highest BCUT2D eigenvalue weighted by Gasteiger charge is 2.60. The molecular weight excluding hydrogens is 334 g/mol. The summed E-state index contributed by atoms with van der Waals surface area (Å²) in [4.78, 5) is 13.2. The van der Waals surface area contributed by atoms with Gasteiger partial charge in [-0.25, -0.2) is 9.80 Å². The molecule has 0 aromatic heterocycles. The molecule has 0 radical (unpaired) electrons. The molecule has 144 valence electrons. The van der Waals surface area contributed by atoms with Crippen LogP contribution >= 0.6 is 0 Å². The van der Waals surface area contributed by atoms with Gasteiger partial charge >= 0.3 is 6.03 Å². The zero-order valence-electron chi connectivity index (χ0n) is 16.6. The van der Waals surface area contributed by atoms with Crippen molar-refractivity contribution >= 4 is 11.7 Å². The number of benzene rings is 1. The zero-order valence-corrected chi connectivity index (χ0v) is 16.6. The molecule has 0 saturated heterocycles. The molecule has 1 N–H and O–H groups in total. The summed E-state index contributed by atoms with van der Waals surface area (Å²) >= 11 is 0. The van der Waals surface area contributed by atoms with Gasteiger partial charge in [-0.1, -0.05) is 37.3 Å². The van der Waals surface area contributed by atoms with Crippen molar-refractivity contribution in [3.05, 3.63) is 35.9 Å². The van der Waals surface area contributed by atoms with Crippen molar-refractivity contribution in [3.8, 4) is 0 Å². The first-order chi connectivity index (χ1) is 13.0. The first-order valence-electron chi connectivity index (χ1n) is 10.7. The van der Waals surface area contributed by atoms with Gasteiger partial charge in [-0.15, -0.1) is 0 Å². The van der Waals surface area contributed by atoms with Gasteiger partial charge in [-0.3, -0.25) is 0 Å². The van der Waals surface area contributed by atoms with Crippen LogP contribution in [-0.2, 0) is 0 Å². The molecule has 2 amide bonds. The molecule has 2 bridgehead atoms. The van der Waals surface area contributed by atoms with Crippen LogP contribution in [0.1, 0.15) is 70.3 Å². The number of hydrogen-bond acceptors (Lipinski definition) is 2. The molecule has 1 aromatic rings. The van der Waals surface area contributed by atoms with E-state index < -0.39 is 0 Å². The number of fused-ring (bicyclic) bond motifs is 2. The number of amides is 2. The Morgan fingerprint density at radius 3 is 2.44 bits per heavy atom. The molecule has 0 spiro atoms. The van der Waals surface area contributed by atoms with E-state index in [-0.39, 0.29) is 22.9 Å². The highest BCUT2D eigenvalue weighted by atomic mass is 16.2. The van der Waals surface area contributed by atoms with Crippen molar-refractivity contribution in [3.63, 3.8) is 0 Å². The Kier molecular flexibility index (Phi) is 3.89. The van der Waals surface area contributed by atoms with E-state index in [0.29, 0.717) is 12.5 Å². The molecule has 3 saturated carbocycles. The van der Waals surface area contributed by atoms with Gasteiger partial charge < -0.3 is 5.32 Å². The summed E-state index contributed by atoms with van der Waals surface area (Å²) in [5.74, 6) is 1.65. The lowest BCUT2D eigenvalue weighted by atomic mass is 9.76. The van der Waals surface area contributed by atoms with Gasteiger partial charge in [-0.2, -0.15) is 5.10 Å². The Morgan fingerprint density at radius 2 is 1.85 bits per heavy atom. The number of nitrogens with zero attached hydrogens (tertiary/aromatic N) is 2. The number of urea groups is 1. The van der Waals surface area contributed by atoms with Crippen LogP contribution in [0, 0.1) is 17.3 Å². The zero-order chi connectivity index (χ0) is 18.6. The Labute approximate surface area is 162 Å². The quantitative estimate of drug-likeness (QED) is 0.809. The summed E-state index contributed by atoms with van der Waals surface area (Å²) in [7, 11) is 0. The van der Waals surface area contributed by atoms with Gasteiger partial charge in [0.2, 0.25) is 0 Å². The van der Waals surface area contributed by atoms with Gasteiger partial charge in [0.25, 0.3) is 0 Å². The van der Waals surface area contributed by atoms with E-state index >= 15 is 0 Å². The Balaban J connectivity index is 1.35. The highest BCUT2D eigenvalue weighted by Crippen LogP contribution is 2.60. The molecule has 2 atom stereocenters. The minimum absolute atomic E-state index is 0.00394. The third-order valence-electron chi connectivity index (χ3n) is 8.16. The van der Waals surface area contributed by atoms with Crippen molar-refractivity contribution in [1.29, 1.82) is 0 Å². The van der Waals surface area contributed by atoms with Gasteiger partial charge in [0, 0.05) is 17.2 Å². The highest BCUT2D eigenvalue weighted by molar-refractivity contribution is 5.95. The van der Waals surface area contributed by atoms with E-state index in [1.54, 1.807) is 5.01 Å². The van der Waals surface area contributed by atoms with Crippen LogP contribution in [0.15, 0.2) is 35.4 Å². The molecule has 27 heavy (non-hydrogen) atoms. The predicted molar refractivity (Wildman–Crippen MR) is 108 cm³/mol. The van der Waals surface area contributed by atoms with Crippen LogP contribution in [0.2, 0.25) is 0 Å². The lowest BCUT2D eigenvalue weighted by Crippen LogP contribution is -2.56. The second kappa shape index (κ2) is 6.08. The normalized spacial score (nSPS) is 37.6. The molecule has 1 heterocycles. The molecule has 2 unspecified atom stereocenters. The number of carbonyl (C=O) groups excluding carboxylic acids is 1. The van der Waals surface area contributed by atoms with E-state index in [1.807, 2.05) is 0 Å². The van der Waals surface area contributed by atoms with Crippen LogP contribution in [0.5, 0.6) is 0 Å². The largest absolute Gasteiger partial charge is 0.338 e. The summed E-state index contributed by atoms with van der Waals surface area (Å²) < 4.78 is 0. The molecular formula is C23H31N3O. The lowest BCUT2D eigenvalue weighted by Gasteiger charge is -2.39. The van der Waals surface area contributed by atoms with E-state index in [9.17, 15) is 4.79 Å². The predicted octanol–water partition coefficient (Wildman–Crippen LogP) is 4.92. The van der Waals surface area contributed by atoms with Crippen LogP contribution in [0.25, 0.3) is 0 Å². The molecule has 4 heteroatoms. The minimum atomic E-state index is -0.0822. The van der Waals surface area contributed by atoms with Crippen LogP contribution in [0.4, 0.5) is 4.79 Å². The Morgan fingerprint density at radius 1 is 1.15 bits per heavy atom. The molecule has 5 rings (SSSR count). The maximum Gasteiger partial charge on any atom is 0.338 e. The van der Waals surface area contributed by atoms with Crippen molar-refractivity contribution < 1.29 is 4.79 Å². The number of carbonyl (C=O) groups is 1. The minimum Gasteiger partial charge on any atom is -0.331 e. The molecule has 3 aliphatic carbocycles. The van der Waals surface area contributed by atoms with Crippen LogP contribution in [-0.4, -0.2) is 28.8 Å². The SMILES string of the molecule is CC1(NC(=O)N2CC(c3ccccc3)C(CC3CC3)=N2)[C@H]2CC[C@]1(C)CC2. The third-order valence-corrected chi connectivity index (χ3v) is 8.16. The summed E-state index contributed by atoms with van der Waals surface area (Å²) in [6.07, 6.45) is 8.62. The lowest BCUT2D eigenvalue weighted by molar-refractivity contribution is 0.148. The summed E-state index contributed by atoms with van der Waals surface area (Å²) in [5, 5.41) is 10.00. The molecule has 1 aromatic carbocycles. The van der Waals surface area contributed by atoms with Gasteiger partial charge in [0.1, 0.15) is 0 Å². The standard InChI is InChI=1S/C23H31N3O/c1-22-12-10-18(11-13-22)23(22,2)24-21(27)26-15-19(17-6-4-3-5-7-17)20(25-26)14-16-8-9-16/h3-7,16,18-19H,8-15H2,1-2H3,(H,24,27)/t18-,19?,22+,23?. The number of nitrogens with one attached hydrogen (secondary N) is 1. The fourth-order valence-electron chi connectivity index (χ4n) is 5.84. The van der Waals surface area contributed by atoms with Crippen LogP contribution < -0.4 is 5.32 Å². The average molecular weight is 366 g/mol. The van der Waals surface area contributed by atoms with Crippen LogP contribution in [0.3, 0.4) is 0 Å². The van der Waals surface area contributed by atoms with E-state index in [1.165, 1.54) is 49.8 Å². The number of hydrazone groups is 1. The second-order valence-electron chi connectivity index (χ2n) is 9.75. The third kappa shape index (κ3) is 2.79. The number of hydrogen-bond donors (Lipinski definition) is 1. The topological polar surface area (TPSA) is 44.7 Å². The van der Waals surface area contributed by atoms with Crippen molar-refractivity contribution in [1.82, 2.24) is 10.3 Å². The van der Waals surface area contributed by atoms with E-state index in [0.717, 1.165) is 12.3 Å². The first kappa shape index (κ1) is 17.3. The van der Waals surface area contributed by atoms with Crippen molar-refractivity contribution in [2.45, 2.75) is 70.3 Å². The van der Waals surface area contributed by atoms with Gasteiger partial charge in [-0.05, 0) is 74.7 Å². The molecule has 3 fully saturated rings.